The molecule has 5 aromatic rings. The molecule has 222 valence electrons. The first kappa shape index (κ1) is 28.7. The summed E-state index contributed by atoms with van der Waals surface area (Å²) in [4.78, 5) is 42.3. The van der Waals surface area contributed by atoms with E-state index in [9.17, 15) is 9.59 Å². The standard InChI is InChI=1S/C33H30FN7O3/c1-40(2)32(42)21-6-9-23(10-7-21)36-33(43)37-24-11-13-25(27(34)20-24)30-38-29-19-22(28-5-3-4-14-35-28)8-12-26(29)31(39-30)41-15-17-44-18-16-41/h3-14,19-20H,15-18H2,1-2H3,(H2,36,37,43). The van der Waals surface area contributed by atoms with E-state index < -0.39 is 11.8 Å². The molecular formula is C33H30FN7O3. The minimum Gasteiger partial charge on any atom is -0.378 e. The number of nitrogens with one attached hydrogen (secondary N) is 2. The van der Waals surface area contributed by atoms with Gasteiger partial charge in [-0.2, -0.15) is 0 Å². The Morgan fingerprint density at radius 1 is 0.886 bits per heavy atom. The fraction of sp³-hybridized carbons (Fsp3) is 0.182. The van der Waals surface area contributed by atoms with Crippen LogP contribution in [-0.4, -0.2) is 72.2 Å². The summed E-state index contributed by atoms with van der Waals surface area (Å²) in [5, 5.41) is 6.19. The predicted octanol–water partition coefficient (Wildman–Crippen LogP) is 5.68. The molecule has 3 heterocycles. The van der Waals surface area contributed by atoms with Crippen molar-refractivity contribution in [2.24, 2.45) is 0 Å². The molecule has 0 aliphatic carbocycles. The highest BCUT2D eigenvalue weighted by Crippen LogP contribution is 2.32. The normalized spacial score (nSPS) is 13.0. The number of anilines is 3. The molecule has 1 saturated heterocycles. The maximum atomic E-state index is 15.6. The van der Waals surface area contributed by atoms with Gasteiger partial charge in [0.15, 0.2) is 5.82 Å². The third kappa shape index (κ3) is 6.18. The van der Waals surface area contributed by atoms with Crippen LogP contribution in [0.3, 0.4) is 0 Å². The molecule has 1 aliphatic heterocycles. The summed E-state index contributed by atoms with van der Waals surface area (Å²) >= 11 is 0. The van der Waals surface area contributed by atoms with Gasteiger partial charge >= 0.3 is 6.03 Å². The number of hydrogen-bond donors (Lipinski definition) is 2. The van der Waals surface area contributed by atoms with Gasteiger partial charge in [0.25, 0.3) is 5.91 Å². The average Bonchev–Trinajstić information content (AvgIpc) is 3.05. The summed E-state index contributed by atoms with van der Waals surface area (Å²) < 4.78 is 21.1. The van der Waals surface area contributed by atoms with Crippen LogP contribution in [0.5, 0.6) is 0 Å². The Kier molecular flexibility index (Phi) is 8.11. The monoisotopic (exact) mass is 591 g/mol. The number of fused-ring (bicyclic) bond motifs is 1. The zero-order valence-electron chi connectivity index (χ0n) is 24.3. The van der Waals surface area contributed by atoms with Crippen LogP contribution < -0.4 is 15.5 Å². The van der Waals surface area contributed by atoms with Gasteiger partial charge in [-0.25, -0.2) is 19.2 Å². The molecule has 11 heteroatoms. The number of halogens is 1. The Hall–Kier alpha value is -5.42. The lowest BCUT2D eigenvalue weighted by atomic mass is 10.1. The van der Waals surface area contributed by atoms with Crippen LogP contribution in [0.2, 0.25) is 0 Å². The second kappa shape index (κ2) is 12.4. The molecule has 3 amide bonds. The highest BCUT2D eigenvalue weighted by molar-refractivity contribution is 6.01. The van der Waals surface area contributed by atoms with Crippen LogP contribution in [-0.2, 0) is 4.74 Å². The van der Waals surface area contributed by atoms with Crippen LogP contribution in [0, 0.1) is 5.82 Å². The van der Waals surface area contributed by atoms with E-state index in [2.05, 4.69) is 20.5 Å². The summed E-state index contributed by atoms with van der Waals surface area (Å²) in [5.74, 6) is 0.221. The van der Waals surface area contributed by atoms with E-state index in [1.54, 1.807) is 56.7 Å². The Morgan fingerprint density at radius 2 is 1.64 bits per heavy atom. The first-order chi connectivity index (χ1) is 21.4. The smallest absolute Gasteiger partial charge is 0.323 e. The largest absolute Gasteiger partial charge is 0.378 e. The molecule has 0 atom stereocenters. The lowest BCUT2D eigenvalue weighted by Crippen LogP contribution is -2.37. The van der Waals surface area contributed by atoms with Crippen molar-refractivity contribution in [1.29, 1.82) is 0 Å². The molecule has 3 aromatic carbocycles. The van der Waals surface area contributed by atoms with Gasteiger partial charge in [-0.1, -0.05) is 12.1 Å². The minimum atomic E-state index is -0.581. The van der Waals surface area contributed by atoms with Crippen LogP contribution in [0.15, 0.2) is 85.1 Å². The van der Waals surface area contributed by atoms with Gasteiger partial charge in [0.05, 0.1) is 30.0 Å². The minimum absolute atomic E-state index is 0.141. The van der Waals surface area contributed by atoms with E-state index in [1.807, 2.05) is 36.4 Å². The summed E-state index contributed by atoms with van der Waals surface area (Å²) in [7, 11) is 3.34. The SMILES string of the molecule is CN(C)C(=O)c1ccc(NC(=O)Nc2ccc(-c3nc(N4CCOCC4)c4ccc(-c5ccccn5)cc4n3)c(F)c2)cc1. The van der Waals surface area contributed by atoms with Gasteiger partial charge in [0, 0.05) is 61.3 Å². The molecule has 2 N–H and O–H groups in total. The van der Waals surface area contributed by atoms with Gasteiger partial charge in [-0.05, 0) is 66.7 Å². The zero-order chi connectivity index (χ0) is 30.6. The Balaban J connectivity index is 1.27. The molecule has 44 heavy (non-hydrogen) atoms. The van der Waals surface area contributed by atoms with Crippen molar-refractivity contribution < 1.29 is 18.7 Å². The molecule has 0 spiro atoms. The number of nitrogens with zero attached hydrogens (tertiary/aromatic N) is 5. The Labute approximate surface area is 253 Å². The molecule has 0 radical (unpaired) electrons. The molecule has 0 saturated carbocycles. The quantitative estimate of drug-likeness (QED) is 0.261. The molecule has 0 bridgehead atoms. The van der Waals surface area contributed by atoms with Crippen LogP contribution >= 0.6 is 0 Å². The lowest BCUT2D eigenvalue weighted by Gasteiger charge is -2.29. The topological polar surface area (TPSA) is 113 Å². The molecule has 0 unspecified atom stereocenters. The molecular weight excluding hydrogens is 561 g/mol. The Morgan fingerprint density at radius 3 is 2.34 bits per heavy atom. The third-order valence-electron chi connectivity index (χ3n) is 7.21. The number of benzene rings is 3. The van der Waals surface area contributed by atoms with E-state index in [4.69, 9.17) is 14.7 Å². The summed E-state index contributed by atoms with van der Waals surface area (Å²) in [6.45, 7) is 2.45. The lowest BCUT2D eigenvalue weighted by molar-refractivity contribution is 0.0827. The van der Waals surface area contributed by atoms with Gasteiger partial charge in [-0.3, -0.25) is 9.78 Å². The van der Waals surface area contributed by atoms with E-state index in [1.165, 1.54) is 11.0 Å². The van der Waals surface area contributed by atoms with E-state index in [0.717, 1.165) is 16.6 Å². The van der Waals surface area contributed by atoms with Crippen molar-refractivity contribution in [1.82, 2.24) is 19.9 Å². The summed E-state index contributed by atoms with van der Waals surface area (Å²) in [6.07, 6.45) is 1.74. The number of rotatable bonds is 6. The molecule has 1 fully saturated rings. The third-order valence-corrected chi connectivity index (χ3v) is 7.21. The number of hydrogen-bond acceptors (Lipinski definition) is 7. The first-order valence-corrected chi connectivity index (χ1v) is 14.1. The number of amides is 3. The molecule has 6 rings (SSSR count). The van der Waals surface area contributed by atoms with Crippen LogP contribution in [0.1, 0.15) is 10.4 Å². The zero-order valence-corrected chi connectivity index (χ0v) is 24.3. The second-order valence-corrected chi connectivity index (χ2v) is 10.5. The number of carbonyl (C=O) groups excluding carboxylic acids is 2. The average molecular weight is 592 g/mol. The molecule has 2 aromatic heterocycles. The fourth-order valence-corrected chi connectivity index (χ4v) is 4.96. The van der Waals surface area contributed by atoms with Gasteiger partial charge in [-0.15, -0.1) is 0 Å². The number of pyridine rings is 1. The summed E-state index contributed by atoms with van der Waals surface area (Å²) in [5.41, 5.74) is 3.81. The second-order valence-electron chi connectivity index (χ2n) is 10.5. The predicted molar refractivity (Wildman–Crippen MR) is 168 cm³/mol. The van der Waals surface area contributed by atoms with E-state index >= 15 is 4.39 Å². The fourth-order valence-electron chi connectivity index (χ4n) is 4.96. The number of ether oxygens (including phenoxy) is 1. The van der Waals surface area contributed by atoms with Crippen LogP contribution in [0.25, 0.3) is 33.5 Å². The molecule has 10 nitrogen and oxygen atoms in total. The highest BCUT2D eigenvalue weighted by Gasteiger charge is 2.20. The maximum Gasteiger partial charge on any atom is 0.323 e. The highest BCUT2D eigenvalue weighted by atomic mass is 19.1. The number of carbonyl (C=O) groups is 2. The maximum absolute atomic E-state index is 15.6. The van der Waals surface area contributed by atoms with Crippen molar-refractivity contribution in [3.8, 4) is 22.6 Å². The van der Waals surface area contributed by atoms with Gasteiger partial charge in [0.1, 0.15) is 11.6 Å². The van der Waals surface area contributed by atoms with E-state index in [0.29, 0.717) is 48.9 Å². The number of morpholine rings is 1. The summed E-state index contributed by atoms with van der Waals surface area (Å²) in [6, 6.07) is 22.0. The van der Waals surface area contributed by atoms with Crippen molar-refractivity contribution in [2.75, 3.05) is 55.9 Å². The van der Waals surface area contributed by atoms with Crippen molar-refractivity contribution in [3.05, 3.63) is 96.4 Å². The molecule has 1 aliphatic rings. The van der Waals surface area contributed by atoms with Crippen LogP contribution in [0.4, 0.5) is 26.4 Å². The van der Waals surface area contributed by atoms with Crippen molar-refractivity contribution in [3.63, 3.8) is 0 Å². The number of urea groups is 1. The number of aromatic nitrogens is 3. The van der Waals surface area contributed by atoms with E-state index in [-0.39, 0.29) is 23.0 Å². The van der Waals surface area contributed by atoms with Gasteiger partial charge < -0.3 is 25.2 Å². The van der Waals surface area contributed by atoms with Gasteiger partial charge in [0.2, 0.25) is 0 Å². The van der Waals surface area contributed by atoms with Crippen molar-refractivity contribution in [2.45, 2.75) is 0 Å². The Bertz CT molecular complexity index is 1830. The van der Waals surface area contributed by atoms with Crippen molar-refractivity contribution >= 4 is 40.0 Å². The first-order valence-electron chi connectivity index (χ1n) is 14.1.